The zero-order valence-corrected chi connectivity index (χ0v) is 15.4. The fourth-order valence-electron chi connectivity index (χ4n) is 3.14. The summed E-state index contributed by atoms with van der Waals surface area (Å²) in [6, 6.07) is 17.1. The second-order valence-electron chi connectivity index (χ2n) is 6.18. The Bertz CT molecular complexity index is 1040. The van der Waals surface area contributed by atoms with Gasteiger partial charge in [0, 0.05) is 30.3 Å². The SMILES string of the molecule is COC(=O)Cc1cc(-c2ccc([N+](=O)[O-])cc2)c(-c2ccccc2)n1C(C)=O. The first-order valence-electron chi connectivity index (χ1n) is 8.55. The highest BCUT2D eigenvalue weighted by Gasteiger charge is 2.22. The summed E-state index contributed by atoms with van der Waals surface area (Å²) in [4.78, 5) is 34.8. The zero-order valence-electron chi connectivity index (χ0n) is 15.4. The van der Waals surface area contributed by atoms with Crippen molar-refractivity contribution in [1.82, 2.24) is 4.57 Å². The van der Waals surface area contributed by atoms with Gasteiger partial charge in [-0.15, -0.1) is 0 Å². The quantitative estimate of drug-likeness (QED) is 0.379. The smallest absolute Gasteiger partial charge is 0.311 e. The number of ether oxygens (including phenoxy) is 1. The van der Waals surface area contributed by atoms with Gasteiger partial charge in [-0.05, 0) is 29.3 Å². The highest BCUT2D eigenvalue weighted by atomic mass is 16.6. The van der Waals surface area contributed by atoms with Crippen molar-refractivity contribution >= 4 is 17.6 Å². The lowest BCUT2D eigenvalue weighted by Crippen LogP contribution is -2.15. The summed E-state index contributed by atoms with van der Waals surface area (Å²) in [5.41, 5.74) is 3.30. The Morgan fingerprint density at radius 2 is 1.68 bits per heavy atom. The predicted octanol–water partition coefficient (Wildman–Crippen LogP) is 4.11. The number of nitro benzene ring substituents is 1. The molecular weight excluding hydrogens is 360 g/mol. The molecule has 3 aromatic rings. The number of hydrogen-bond donors (Lipinski definition) is 0. The largest absolute Gasteiger partial charge is 0.469 e. The normalized spacial score (nSPS) is 10.5. The van der Waals surface area contributed by atoms with Crippen LogP contribution in [0, 0.1) is 10.1 Å². The lowest BCUT2D eigenvalue weighted by molar-refractivity contribution is -0.384. The number of nitro groups is 1. The maximum atomic E-state index is 12.4. The van der Waals surface area contributed by atoms with Gasteiger partial charge < -0.3 is 4.74 Å². The number of nitrogens with zero attached hydrogens (tertiary/aromatic N) is 2. The summed E-state index contributed by atoms with van der Waals surface area (Å²) in [6.07, 6.45) is -0.0666. The van der Waals surface area contributed by atoms with E-state index in [0.29, 0.717) is 22.5 Å². The Balaban J connectivity index is 2.25. The maximum Gasteiger partial charge on any atom is 0.311 e. The second-order valence-corrected chi connectivity index (χ2v) is 6.18. The molecule has 2 aromatic carbocycles. The Morgan fingerprint density at radius 1 is 1.04 bits per heavy atom. The Morgan fingerprint density at radius 3 is 2.21 bits per heavy atom. The first kappa shape index (κ1) is 19.0. The Hall–Kier alpha value is -3.74. The minimum atomic E-state index is -0.467. The topological polar surface area (TPSA) is 91.4 Å². The molecule has 1 aromatic heterocycles. The van der Waals surface area contributed by atoms with Crippen molar-refractivity contribution in [1.29, 1.82) is 0 Å². The number of esters is 1. The van der Waals surface area contributed by atoms with Crippen LogP contribution < -0.4 is 0 Å². The average Bonchev–Trinajstić information content (AvgIpc) is 3.07. The van der Waals surface area contributed by atoms with Crippen LogP contribution in [0.3, 0.4) is 0 Å². The van der Waals surface area contributed by atoms with E-state index in [1.165, 1.54) is 30.7 Å². The molecule has 0 fully saturated rings. The molecule has 7 heteroatoms. The third-order valence-electron chi connectivity index (χ3n) is 4.38. The molecule has 3 rings (SSSR count). The van der Waals surface area contributed by atoms with Gasteiger partial charge in [0.25, 0.3) is 5.69 Å². The number of carbonyl (C=O) groups excluding carboxylic acids is 2. The van der Waals surface area contributed by atoms with E-state index in [2.05, 4.69) is 0 Å². The lowest BCUT2D eigenvalue weighted by Gasteiger charge is -2.11. The molecule has 0 bridgehead atoms. The van der Waals surface area contributed by atoms with E-state index in [1.807, 2.05) is 30.3 Å². The van der Waals surface area contributed by atoms with E-state index in [1.54, 1.807) is 18.2 Å². The molecule has 0 unspecified atom stereocenters. The zero-order chi connectivity index (χ0) is 20.3. The fraction of sp³-hybridized carbons (Fsp3) is 0.143. The highest BCUT2D eigenvalue weighted by Crippen LogP contribution is 2.36. The molecule has 0 radical (unpaired) electrons. The summed E-state index contributed by atoms with van der Waals surface area (Å²) < 4.78 is 6.24. The molecule has 0 saturated carbocycles. The van der Waals surface area contributed by atoms with Crippen LogP contribution in [0.1, 0.15) is 17.4 Å². The van der Waals surface area contributed by atoms with Gasteiger partial charge in [-0.25, -0.2) is 0 Å². The van der Waals surface area contributed by atoms with Crippen LogP contribution in [0.15, 0.2) is 60.7 Å². The van der Waals surface area contributed by atoms with Crippen molar-refractivity contribution < 1.29 is 19.2 Å². The maximum absolute atomic E-state index is 12.4. The minimum Gasteiger partial charge on any atom is -0.469 e. The number of methoxy groups -OCH3 is 1. The van der Waals surface area contributed by atoms with Gasteiger partial charge in [0.15, 0.2) is 0 Å². The molecule has 0 saturated heterocycles. The third kappa shape index (κ3) is 3.68. The van der Waals surface area contributed by atoms with Crippen molar-refractivity contribution in [2.24, 2.45) is 0 Å². The molecule has 1 heterocycles. The molecule has 0 N–H and O–H groups in total. The average molecular weight is 378 g/mol. The van der Waals surface area contributed by atoms with Crippen LogP contribution in [0.4, 0.5) is 5.69 Å². The third-order valence-corrected chi connectivity index (χ3v) is 4.38. The van der Waals surface area contributed by atoms with Gasteiger partial charge >= 0.3 is 5.97 Å². The van der Waals surface area contributed by atoms with Gasteiger partial charge in [-0.2, -0.15) is 0 Å². The molecule has 28 heavy (non-hydrogen) atoms. The molecule has 0 amide bonds. The van der Waals surface area contributed by atoms with Gasteiger partial charge in [-0.1, -0.05) is 30.3 Å². The number of benzene rings is 2. The molecule has 0 spiro atoms. The van der Waals surface area contributed by atoms with E-state index >= 15 is 0 Å². The van der Waals surface area contributed by atoms with Crippen molar-refractivity contribution in [3.8, 4) is 22.4 Å². The molecule has 0 atom stereocenters. The van der Waals surface area contributed by atoms with Gasteiger partial charge in [0.2, 0.25) is 5.91 Å². The van der Waals surface area contributed by atoms with Crippen LogP contribution in [0.2, 0.25) is 0 Å². The number of carbonyl (C=O) groups is 2. The van der Waals surface area contributed by atoms with E-state index in [0.717, 1.165) is 5.56 Å². The van der Waals surface area contributed by atoms with Crippen LogP contribution >= 0.6 is 0 Å². The fourth-order valence-corrected chi connectivity index (χ4v) is 3.14. The summed E-state index contributed by atoms with van der Waals surface area (Å²) in [6.45, 7) is 1.42. The molecule has 0 aliphatic rings. The van der Waals surface area contributed by atoms with Crippen molar-refractivity contribution in [3.05, 3.63) is 76.5 Å². The van der Waals surface area contributed by atoms with Crippen molar-refractivity contribution in [2.45, 2.75) is 13.3 Å². The lowest BCUT2D eigenvalue weighted by atomic mass is 10.0. The van der Waals surface area contributed by atoms with E-state index in [-0.39, 0.29) is 18.0 Å². The molecular formula is C21H18N2O5. The summed E-state index contributed by atoms with van der Waals surface area (Å²) in [7, 11) is 1.29. The van der Waals surface area contributed by atoms with Crippen LogP contribution in [0.25, 0.3) is 22.4 Å². The van der Waals surface area contributed by atoms with E-state index in [9.17, 15) is 19.7 Å². The first-order chi connectivity index (χ1) is 13.4. The van der Waals surface area contributed by atoms with E-state index < -0.39 is 10.9 Å². The Kier molecular flexibility index (Phi) is 5.35. The van der Waals surface area contributed by atoms with Crippen LogP contribution in [0.5, 0.6) is 0 Å². The van der Waals surface area contributed by atoms with E-state index in [4.69, 9.17) is 4.74 Å². The van der Waals surface area contributed by atoms with Crippen molar-refractivity contribution in [3.63, 3.8) is 0 Å². The molecule has 142 valence electrons. The van der Waals surface area contributed by atoms with Crippen LogP contribution in [-0.2, 0) is 16.0 Å². The standard InChI is InChI=1S/C21H18N2O5/c1-14(24)22-18(13-20(25)28-2)12-19(21(22)16-6-4-3-5-7-16)15-8-10-17(11-9-15)23(26)27/h3-12H,13H2,1-2H3. The van der Waals surface area contributed by atoms with Crippen molar-refractivity contribution in [2.75, 3.05) is 7.11 Å². The number of hydrogen-bond acceptors (Lipinski definition) is 5. The summed E-state index contributed by atoms with van der Waals surface area (Å²) in [5.74, 6) is -0.708. The molecule has 0 aliphatic carbocycles. The van der Waals surface area contributed by atoms with Gasteiger partial charge in [-0.3, -0.25) is 24.3 Å². The first-order valence-corrected chi connectivity index (χ1v) is 8.55. The Labute approximate surface area is 161 Å². The van der Waals surface area contributed by atoms with Gasteiger partial charge in [0.05, 0.1) is 24.1 Å². The minimum absolute atomic E-state index is 0.0224. The number of aromatic nitrogens is 1. The highest BCUT2D eigenvalue weighted by molar-refractivity contribution is 5.92. The van der Waals surface area contributed by atoms with Gasteiger partial charge in [0.1, 0.15) is 0 Å². The monoisotopic (exact) mass is 378 g/mol. The number of non-ortho nitro benzene ring substituents is 1. The number of rotatable bonds is 5. The second kappa shape index (κ2) is 7.87. The summed E-state index contributed by atoms with van der Waals surface area (Å²) in [5, 5.41) is 10.9. The summed E-state index contributed by atoms with van der Waals surface area (Å²) >= 11 is 0. The van der Waals surface area contributed by atoms with Crippen LogP contribution in [-0.4, -0.2) is 28.5 Å². The molecule has 7 nitrogen and oxygen atoms in total. The predicted molar refractivity (Wildman–Crippen MR) is 104 cm³/mol. The molecule has 0 aliphatic heterocycles.